The third kappa shape index (κ3) is 7.72. The fourth-order valence-corrected chi connectivity index (χ4v) is 4.85. The number of nitrogens with one attached hydrogen (secondary N) is 2. The van der Waals surface area contributed by atoms with E-state index in [9.17, 15) is 13.2 Å². The normalized spacial score (nSPS) is 17.4. The molecule has 1 fully saturated rings. The Hall–Kier alpha value is -1.44. The van der Waals surface area contributed by atoms with Gasteiger partial charge in [-0.3, -0.25) is 4.79 Å². The smallest absolute Gasteiger partial charge is 0.241 e. The first kappa shape index (κ1) is 23.8. The second-order valence-electron chi connectivity index (χ2n) is 8.59. The summed E-state index contributed by atoms with van der Waals surface area (Å²) >= 11 is 0. The number of hydrogen-bond acceptors (Lipinski definition) is 4. The highest BCUT2D eigenvalue weighted by atomic mass is 32.2. The molecule has 164 valence electrons. The van der Waals surface area contributed by atoms with E-state index in [4.69, 9.17) is 0 Å². The lowest BCUT2D eigenvalue weighted by molar-refractivity contribution is -0.124. The minimum absolute atomic E-state index is 0.110. The van der Waals surface area contributed by atoms with Crippen LogP contribution in [0.15, 0.2) is 29.2 Å². The van der Waals surface area contributed by atoms with Gasteiger partial charge in [-0.15, -0.1) is 0 Å². The molecule has 1 aromatic carbocycles. The standard InChI is InChI=1S/C22H37N3O3S/c1-5-6-13-25-14-11-19(12-15-25)23-22(26)21(16-17(2)3)24-29(27,28)20-9-7-18(4)8-10-20/h7-10,17,19,21,24H,5-6,11-16H2,1-4H3,(H,23,26). The molecule has 1 aliphatic rings. The maximum Gasteiger partial charge on any atom is 0.241 e. The zero-order valence-electron chi connectivity index (χ0n) is 18.3. The van der Waals surface area contributed by atoms with E-state index < -0.39 is 16.1 Å². The van der Waals surface area contributed by atoms with Gasteiger partial charge in [0.05, 0.1) is 4.90 Å². The Morgan fingerprint density at radius 3 is 2.34 bits per heavy atom. The first-order valence-corrected chi connectivity index (χ1v) is 12.3. The van der Waals surface area contributed by atoms with Crippen molar-refractivity contribution in [3.8, 4) is 0 Å². The third-order valence-electron chi connectivity index (χ3n) is 5.41. The predicted molar refractivity (Wildman–Crippen MR) is 117 cm³/mol. The van der Waals surface area contributed by atoms with E-state index in [2.05, 4.69) is 21.9 Å². The molecule has 1 atom stereocenters. The van der Waals surface area contributed by atoms with E-state index in [0.29, 0.717) is 6.42 Å². The lowest BCUT2D eigenvalue weighted by Gasteiger charge is -2.33. The molecule has 1 saturated heterocycles. The molecule has 7 heteroatoms. The molecular weight excluding hydrogens is 386 g/mol. The Balaban J connectivity index is 1.98. The summed E-state index contributed by atoms with van der Waals surface area (Å²) in [6, 6.07) is 6.03. The van der Waals surface area contributed by atoms with Crippen LogP contribution in [0.25, 0.3) is 0 Å². The highest BCUT2D eigenvalue weighted by Gasteiger charge is 2.29. The minimum Gasteiger partial charge on any atom is -0.352 e. The van der Waals surface area contributed by atoms with Gasteiger partial charge in [-0.25, -0.2) is 8.42 Å². The molecule has 6 nitrogen and oxygen atoms in total. The van der Waals surface area contributed by atoms with Gasteiger partial charge in [0, 0.05) is 19.1 Å². The van der Waals surface area contributed by atoms with E-state index in [1.165, 1.54) is 12.8 Å². The zero-order valence-corrected chi connectivity index (χ0v) is 19.1. The number of hydrogen-bond donors (Lipinski definition) is 2. The highest BCUT2D eigenvalue weighted by Crippen LogP contribution is 2.15. The van der Waals surface area contributed by atoms with Gasteiger partial charge in [-0.2, -0.15) is 4.72 Å². The molecule has 0 saturated carbocycles. The van der Waals surface area contributed by atoms with Crippen LogP contribution in [0.4, 0.5) is 0 Å². The van der Waals surface area contributed by atoms with Crippen molar-refractivity contribution in [2.75, 3.05) is 19.6 Å². The number of nitrogens with zero attached hydrogens (tertiary/aromatic N) is 1. The maximum absolute atomic E-state index is 12.9. The van der Waals surface area contributed by atoms with Gasteiger partial charge in [0.2, 0.25) is 15.9 Å². The van der Waals surface area contributed by atoms with Crippen LogP contribution in [0, 0.1) is 12.8 Å². The van der Waals surface area contributed by atoms with E-state index in [0.717, 1.165) is 38.0 Å². The average Bonchev–Trinajstić information content (AvgIpc) is 2.66. The van der Waals surface area contributed by atoms with Gasteiger partial charge in [0.15, 0.2) is 0 Å². The van der Waals surface area contributed by atoms with Crippen LogP contribution in [-0.2, 0) is 14.8 Å². The van der Waals surface area contributed by atoms with Crippen LogP contribution in [-0.4, -0.2) is 50.9 Å². The van der Waals surface area contributed by atoms with Crippen molar-refractivity contribution >= 4 is 15.9 Å². The van der Waals surface area contributed by atoms with E-state index in [1.807, 2.05) is 20.8 Å². The molecule has 0 spiro atoms. The van der Waals surface area contributed by atoms with Crippen molar-refractivity contribution in [2.24, 2.45) is 5.92 Å². The fourth-order valence-electron chi connectivity index (χ4n) is 3.64. The molecule has 29 heavy (non-hydrogen) atoms. The van der Waals surface area contributed by atoms with Crippen molar-refractivity contribution in [3.05, 3.63) is 29.8 Å². The lowest BCUT2D eigenvalue weighted by atomic mass is 10.0. The number of aryl methyl sites for hydroxylation is 1. The summed E-state index contributed by atoms with van der Waals surface area (Å²) in [5.74, 6) is -0.0243. The maximum atomic E-state index is 12.9. The molecule has 1 unspecified atom stereocenters. The Kier molecular flexibility index (Phi) is 9.11. The van der Waals surface area contributed by atoms with E-state index in [-0.39, 0.29) is 22.8 Å². The Labute approximate surface area is 176 Å². The van der Waals surface area contributed by atoms with E-state index in [1.54, 1.807) is 24.3 Å². The van der Waals surface area contributed by atoms with Gasteiger partial charge in [-0.05, 0) is 57.2 Å². The van der Waals surface area contributed by atoms with Crippen LogP contribution >= 0.6 is 0 Å². The second-order valence-corrected chi connectivity index (χ2v) is 10.3. The number of rotatable bonds is 10. The number of sulfonamides is 1. The lowest BCUT2D eigenvalue weighted by Crippen LogP contribution is -2.52. The number of likely N-dealkylation sites (tertiary alicyclic amines) is 1. The third-order valence-corrected chi connectivity index (χ3v) is 6.90. The second kappa shape index (κ2) is 11.1. The van der Waals surface area contributed by atoms with Crippen molar-refractivity contribution in [1.29, 1.82) is 0 Å². The molecule has 0 aromatic heterocycles. The SMILES string of the molecule is CCCCN1CCC(NC(=O)C(CC(C)C)NS(=O)(=O)c2ccc(C)cc2)CC1. The van der Waals surface area contributed by atoms with Gasteiger partial charge in [-0.1, -0.05) is 44.9 Å². The first-order chi connectivity index (χ1) is 13.7. The number of amides is 1. The van der Waals surface area contributed by atoms with Crippen molar-refractivity contribution in [2.45, 2.75) is 76.8 Å². The number of piperidine rings is 1. The average molecular weight is 424 g/mol. The summed E-state index contributed by atoms with van der Waals surface area (Å²) in [5, 5.41) is 3.09. The summed E-state index contributed by atoms with van der Waals surface area (Å²) < 4.78 is 28.2. The zero-order chi connectivity index (χ0) is 21.4. The van der Waals surface area contributed by atoms with Crippen LogP contribution in [0.1, 0.15) is 58.4 Å². The number of unbranched alkanes of at least 4 members (excludes halogenated alkanes) is 1. The quantitative estimate of drug-likeness (QED) is 0.606. The summed E-state index contributed by atoms with van der Waals surface area (Å²) in [6.07, 6.45) is 4.68. The molecule has 0 radical (unpaired) electrons. The molecule has 0 bridgehead atoms. The molecule has 0 aliphatic carbocycles. The predicted octanol–water partition coefficient (Wildman–Crippen LogP) is 3.07. The molecule has 1 aliphatic heterocycles. The summed E-state index contributed by atoms with van der Waals surface area (Å²) in [7, 11) is -3.75. The number of carbonyl (C=O) groups excluding carboxylic acids is 1. The number of carbonyl (C=O) groups is 1. The van der Waals surface area contributed by atoms with Crippen molar-refractivity contribution in [3.63, 3.8) is 0 Å². The largest absolute Gasteiger partial charge is 0.352 e. The molecule has 1 heterocycles. The Morgan fingerprint density at radius 1 is 1.17 bits per heavy atom. The molecule has 2 rings (SSSR count). The van der Waals surface area contributed by atoms with Crippen molar-refractivity contribution in [1.82, 2.24) is 14.9 Å². The molecule has 1 amide bonds. The Bertz CT molecular complexity index is 739. The van der Waals surface area contributed by atoms with Gasteiger partial charge in [0.1, 0.15) is 6.04 Å². The summed E-state index contributed by atoms with van der Waals surface area (Å²) in [5.41, 5.74) is 0.991. The monoisotopic (exact) mass is 423 g/mol. The van der Waals surface area contributed by atoms with Gasteiger partial charge in [0.25, 0.3) is 0 Å². The highest BCUT2D eigenvalue weighted by molar-refractivity contribution is 7.89. The van der Waals surface area contributed by atoms with Crippen LogP contribution in [0.3, 0.4) is 0 Å². The molecule has 2 N–H and O–H groups in total. The van der Waals surface area contributed by atoms with Crippen LogP contribution in [0.5, 0.6) is 0 Å². The molecular formula is C22H37N3O3S. The topological polar surface area (TPSA) is 78.5 Å². The van der Waals surface area contributed by atoms with Crippen molar-refractivity contribution < 1.29 is 13.2 Å². The van der Waals surface area contributed by atoms with E-state index >= 15 is 0 Å². The van der Waals surface area contributed by atoms with Gasteiger partial charge >= 0.3 is 0 Å². The minimum atomic E-state index is -3.75. The van der Waals surface area contributed by atoms with Crippen LogP contribution < -0.4 is 10.0 Å². The summed E-state index contributed by atoms with van der Waals surface area (Å²) in [4.78, 5) is 15.5. The number of benzene rings is 1. The Morgan fingerprint density at radius 2 is 1.79 bits per heavy atom. The first-order valence-electron chi connectivity index (χ1n) is 10.8. The summed E-state index contributed by atoms with van der Waals surface area (Å²) in [6.45, 7) is 11.2. The van der Waals surface area contributed by atoms with Crippen LogP contribution in [0.2, 0.25) is 0 Å². The van der Waals surface area contributed by atoms with Gasteiger partial charge < -0.3 is 10.2 Å². The fraction of sp³-hybridized carbons (Fsp3) is 0.682. The molecule has 1 aromatic rings.